The number of aromatic nitrogens is 2. The topological polar surface area (TPSA) is 95.5 Å². The Kier molecular flexibility index (Phi) is 6.08. The van der Waals surface area contributed by atoms with Crippen LogP contribution in [0.1, 0.15) is 5.69 Å². The highest BCUT2D eigenvalue weighted by Crippen LogP contribution is 2.28. The average molecular weight is 441 g/mol. The lowest BCUT2D eigenvalue weighted by molar-refractivity contribution is -0.141. The summed E-state index contributed by atoms with van der Waals surface area (Å²) < 4.78 is 65.4. The maximum absolute atomic E-state index is 12.8. The Morgan fingerprint density at radius 1 is 1.10 bits per heavy atom. The van der Waals surface area contributed by atoms with E-state index in [9.17, 15) is 26.4 Å². The van der Waals surface area contributed by atoms with Crippen molar-refractivity contribution in [3.8, 4) is 0 Å². The van der Waals surface area contributed by atoms with Gasteiger partial charge in [-0.2, -0.15) is 17.5 Å². The number of rotatable bonds is 5. The van der Waals surface area contributed by atoms with Crippen LogP contribution in [-0.2, 0) is 21.0 Å². The summed E-state index contributed by atoms with van der Waals surface area (Å²) in [5.41, 5.74) is -0.628. The zero-order chi connectivity index (χ0) is 21.9. The number of hydrogen-bond acceptors (Lipinski definition) is 6. The summed E-state index contributed by atoms with van der Waals surface area (Å²) in [6.07, 6.45) is -2.46. The predicted molar refractivity (Wildman–Crippen MR) is 103 cm³/mol. The molecule has 2 aromatic rings. The lowest BCUT2D eigenvalue weighted by Crippen LogP contribution is -2.49. The molecule has 1 aliphatic rings. The predicted octanol–water partition coefficient (Wildman–Crippen LogP) is 2.13. The first-order valence-electron chi connectivity index (χ1n) is 8.80. The first-order chi connectivity index (χ1) is 14.1. The third-order valence-corrected chi connectivity index (χ3v) is 6.31. The molecule has 0 radical (unpaired) electrons. The monoisotopic (exact) mass is 441 g/mol. The van der Waals surface area contributed by atoms with Gasteiger partial charge in [-0.05, 0) is 36.4 Å². The van der Waals surface area contributed by atoms with Crippen molar-refractivity contribution in [2.45, 2.75) is 11.1 Å². The van der Waals surface area contributed by atoms with E-state index in [2.05, 4.69) is 21.9 Å². The lowest BCUT2D eigenvalue weighted by atomic mass is 10.3. The fourth-order valence-electron chi connectivity index (χ4n) is 2.84. The normalized spacial score (nSPS) is 15.6. The summed E-state index contributed by atoms with van der Waals surface area (Å²) in [5, 5.41) is 2.52. The van der Waals surface area contributed by atoms with E-state index in [0.717, 1.165) is 18.3 Å². The third kappa shape index (κ3) is 4.76. The zero-order valence-corrected chi connectivity index (χ0v) is 16.4. The quantitative estimate of drug-likeness (QED) is 0.715. The smallest absolute Gasteiger partial charge is 0.338 e. The van der Waals surface area contributed by atoms with Crippen LogP contribution in [0.15, 0.2) is 54.1 Å². The van der Waals surface area contributed by atoms with Gasteiger partial charge in [0.15, 0.2) is 0 Å². The number of amides is 1. The SMILES string of the molecule is C=CC(=O)Nc1ccc(S(=O)(=O)N2CCN(c3nccc(C(F)(F)F)n3)CC2)cc1. The molecule has 0 unspecified atom stereocenters. The Morgan fingerprint density at radius 3 is 2.30 bits per heavy atom. The molecule has 12 heteroatoms. The summed E-state index contributed by atoms with van der Waals surface area (Å²) in [6.45, 7) is 3.76. The number of carbonyl (C=O) groups is 1. The van der Waals surface area contributed by atoms with E-state index in [1.54, 1.807) is 0 Å². The molecule has 1 aromatic heterocycles. The van der Waals surface area contributed by atoms with Gasteiger partial charge >= 0.3 is 6.18 Å². The van der Waals surface area contributed by atoms with Gasteiger partial charge in [0.25, 0.3) is 0 Å². The molecule has 30 heavy (non-hydrogen) atoms. The molecule has 3 rings (SSSR count). The standard InChI is InChI=1S/C18H18F3N5O3S/c1-2-16(27)23-13-3-5-14(6-4-13)30(28,29)26-11-9-25(10-12-26)17-22-8-7-15(24-17)18(19,20)21/h2-8H,1,9-12H2,(H,23,27). The van der Waals surface area contributed by atoms with Crippen LogP contribution >= 0.6 is 0 Å². The fourth-order valence-corrected chi connectivity index (χ4v) is 4.26. The molecular weight excluding hydrogens is 423 g/mol. The summed E-state index contributed by atoms with van der Waals surface area (Å²) in [7, 11) is -3.80. The van der Waals surface area contributed by atoms with E-state index < -0.39 is 27.8 Å². The highest BCUT2D eigenvalue weighted by molar-refractivity contribution is 7.89. The van der Waals surface area contributed by atoms with Gasteiger partial charge in [0, 0.05) is 38.1 Å². The lowest BCUT2D eigenvalue weighted by Gasteiger charge is -2.34. The minimum Gasteiger partial charge on any atom is -0.338 e. The van der Waals surface area contributed by atoms with Gasteiger partial charge in [-0.3, -0.25) is 4.79 Å². The molecule has 1 fully saturated rings. The van der Waals surface area contributed by atoms with Crippen molar-refractivity contribution in [3.05, 3.63) is 54.9 Å². The number of halogens is 3. The van der Waals surface area contributed by atoms with Crippen molar-refractivity contribution in [2.24, 2.45) is 0 Å². The molecule has 160 valence electrons. The van der Waals surface area contributed by atoms with E-state index in [4.69, 9.17) is 0 Å². The number of alkyl halides is 3. The largest absolute Gasteiger partial charge is 0.433 e. The van der Waals surface area contributed by atoms with Gasteiger partial charge in [0.2, 0.25) is 21.9 Å². The van der Waals surface area contributed by atoms with Crippen LogP contribution in [0.3, 0.4) is 0 Å². The highest BCUT2D eigenvalue weighted by atomic mass is 32.2. The van der Waals surface area contributed by atoms with E-state index in [1.807, 2.05) is 0 Å². The van der Waals surface area contributed by atoms with E-state index in [-0.39, 0.29) is 37.0 Å². The van der Waals surface area contributed by atoms with Crippen LogP contribution in [-0.4, -0.2) is 54.8 Å². The van der Waals surface area contributed by atoms with Crippen molar-refractivity contribution < 1.29 is 26.4 Å². The molecule has 1 saturated heterocycles. The number of piperazine rings is 1. The van der Waals surface area contributed by atoms with Crippen molar-refractivity contribution in [1.82, 2.24) is 14.3 Å². The molecule has 0 aliphatic carbocycles. The molecule has 1 amide bonds. The zero-order valence-electron chi connectivity index (χ0n) is 15.6. The van der Waals surface area contributed by atoms with Gasteiger partial charge in [-0.25, -0.2) is 18.4 Å². The molecule has 8 nitrogen and oxygen atoms in total. The maximum Gasteiger partial charge on any atom is 0.433 e. The second-order valence-electron chi connectivity index (χ2n) is 6.35. The first kappa shape index (κ1) is 21.7. The van der Waals surface area contributed by atoms with Crippen LogP contribution in [0.25, 0.3) is 0 Å². The number of nitrogens with one attached hydrogen (secondary N) is 1. The van der Waals surface area contributed by atoms with Crippen LogP contribution in [0.4, 0.5) is 24.8 Å². The van der Waals surface area contributed by atoms with Crippen LogP contribution in [0.2, 0.25) is 0 Å². The molecule has 1 aliphatic heterocycles. The van der Waals surface area contributed by atoms with Crippen LogP contribution in [0.5, 0.6) is 0 Å². The summed E-state index contributed by atoms with van der Waals surface area (Å²) in [6, 6.07) is 6.44. The Hall–Kier alpha value is -2.99. The molecular formula is C18H18F3N5O3S. The fraction of sp³-hybridized carbons (Fsp3) is 0.278. The molecule has 1 aromatic carbocycles. The summed E-state index contributed by atoms with van der Waals surface area (Å²) >= 11 is 0. The molecule has 0 atom stereocenters. The van der Waals surface area contributed by atoms with Crippen LogP contribution in [0, 0.1) is 0 Å². The minimum absolute atomic E-state index is 0.0443. The summed E-state index contributed by atoms with van der Waals surface area (Å²) in [4.78, 5) is 20.3. The second-order valence-corrected chi connectivity index (χ2v) is 8.29. The van der Waals surface area contributed by atoms with Crippen molar-refractivity contribution in [2.75, 3.05) is 36.4 Å². The number of benzene rings is 1. The Morgan fingerprint density at radius 2 is 1.73 bits per heavy atom. The molecule has 0 spiro atoms. The Balaban J connectivity index is 1.68. The van der Waals surface area contributed by atoms with E-state index in [1.165, 1.54) is 33.5 Å². The van der Waals surface area contributed by atoms with Crippen molar-refractivity contribution >= 4 is 27.6 Å². The van der Waals surface area contributed by atoms with Gasteiger partial charge in [-0.1, -0.05) is 6.58 Å². The van der Waals surface area contributed by atoms with Crippen LogP contribution < -0.4 is 10.2 Å². The first-order valence-corrected chi connectivity index (χ1v) is 10.2. The van der Waals surface area contributed by atoms with Crippen molar-refractivity contribution in [1.29, 1.82) is 0 Å². The minimum atomic E-state index is -4.58. The van der Waals surface area contributed by atoms with Gasteiger partial charge in [0.1, 0.15) is 5.69 Å². The Bertz CT molecular complexity index is 1030. The van der Waals surface area contributed by atoms with Gasteiger partial charge in [-0.15, -0.1) is 0 Å². The maximum atomic E-state index is 12.8. The molecule has 2 heterocycles. The second kappa shape index (κ2) is 8.40. The molecule has 0 saturated carbocycles. The van der Waals surface area contributed by atoms with Crippen molar-refractivity contribution in [3.63, 3.8) is 0 Å². The highest BCUT2D eigenvalue weighted by Gasteiger charge is 2.34. The number of hydrogen-bond donors (Lipinski definition) is 1. The molecule has 1 N–H and O–H groups in total. The molecule has 0 bridgehead atoms. The number of sulfonamides is 1. The van der Waals surface area contributed by atoms with E-state index >= 15 is 0 Å². The summed E-state index contributed by atoms with van der Waals surface area (Å²) in [5.74, 6) is -0.511. The van der Waals surface area contributed by atoms with Gasteiger partial charge < -0.3 is 10.2 Å². The average Bonchev–Trinajstić information content (AvgIpc) is 2.73. The Labute approximate surface area is 171 Å². The van der Waals surface area contributed by atoms with E-state index in [0.29, 0.717) is 5.69 Å². The number of anilines is 2. The third-order valence-electron chi connectivity index (χ3n) is 4.40. The van der Waals surface area contributed by atoms with Gasteiger partial charge in [0.05, 0.1) is 4.90 Å². The number of nitrogens with zero attached hydrogens (tertiary/aromatic N) is 4. The number of carbonyl (C=O) groups excluding carboxylic acids is 1.